The largest absolute Gasteiger partial charge is 0.486 e. The van der Waals surface area contributed by atoms with Gasteiger partial charge in [0.25, 0.3) is 5.91 Å². The predicted molar refractivity (Wildman–Crippen MR) is 109 cm³/mol. The first-order valence-electron chi connectivity index (χ1n) is 9.06. The maximum atomic E-state index is 12.5. The van der Waals surface area contributed by atoms with E-state index in [4.69, 9.17) is 4.74 Å². The third-order valence-electron chi connectivity index (χ3n) is 4.32. The van der Waals surface area contributed by atoms with Gasteiger partial charge >= 0.3 is 0 Å². The summed E-state index contributed by atoms with van der Waals surface area (Å²) in [5.74, 6) is 1.08. The van der Waals surface area contributed by atoms with E-state index in [0.29, 0.717) is 18.2 Å². The Balaban J connectivity index is 1.61. The molecule has 0 aliphatic heterocycles. The Morgan fingerprint density at radius 3 is 2.52 bits per heavy atom. The van der Waals surface area contributed by atoms with Crippen LogP contribution in [0.15, 0.2) is 60.0 Å². The van der Waals surface area contributed by atoms with Crippen LogP contribution in [0.2, 0.25) is 0 Å². The quantitative estimate of drug-likeness (QED) is 0.602. The molecule has 0 spiro atoms. The van der Waals surface area contributed by atoms with Crippen molar-refractivity contribution in [3.63, 3.8) is 0 Å². The Morgan fingerprint density at radius 1 is 1.07 bits per heavy atom. The molecule has 4 nitrogen and oxygen atoms in total. The van der Waals surface area contributed by atoms with Crippen LogP contribution in [0.1, 0.15) is 59.4 Å². The van der Waals surface area contributed by atoms with Crippen LogP contribution in [0.25, 0.3) is 0 Å². The zero-order valence-electron chi connectivity index (χ0n) is 15.8. The molecule has 1 N–H and O–H groups in total. The molecule has 3 rings (SSSR count). The highest BCUT2D eigenvalue weighted by Gasteiger charge is 2.15. The Hall–Kier alpha value is -2.66. The molecule has 2 aromatic carbocycles. The zero-order valence-corrected chi connectivity index (χ0v) is 16.6. The molecular formula is C22H24N2O2S. The van der Waals surface area contributed by atoms with Crippen LogP contribution >= 0.6 is 11.3 Å². The molecule has 0 fully saturated rings. The van der Waals surface area contributed by atoms with E-state index in [1.807, 2.05) is 55.5 Å². The molecule has 3 aromatic rings. The standard InChI is InChI=1S/C22H24N2O2S/c1-15(2)18-11-7-8-12-20(18)26-13-21-24-19(14-27-21)22(25)23-16(3)17-9-5-4-6-10-17/h4-12,14-16H,13H2,1-3H3,(H,23,25)/t16-/m1/s1. The van der Waals surface area contributed by atoms with Gasteiger partial charge < -0.3 is 10.1 Å². The van der Waals surface area contributed by atoms with Crippen molar-refractivity contribution in [2.24, 2.45) is 0 Å². The Morgan fingerprint density at radius 2 is 1.78 bits per heavy atom. The van der Waals surface area contributed by atoms with Crippen LogP contribution in [0, 0.1) is 0 Å². The van der Waals surface area contributed by atoms with E-state index in [9.17, 15) is 4.79 Å². The molecule has 1 heterocycles. The van der Waals surface area contributed by atoms with Gasteiger partial charge in [0.1, 0.15) is 23.1 Å². The van der Waals surface area contributed by atoms with Gasteiger partial charge in [0.05, 0.1) is 6.04 Å². The van der Waals surface area contributed by atoms with Crippen LogP contribution in [-0.4, -0.2) is 10.9 Å². The Kier molecular flexibility index (Phi) is 6.24. The number of thiazole rings is 1. The first-order valence-corrected chi connectivity index (χ1v) is 9.94. The third kappa shape index (κ3) is 4.95. The minimum atomic E-state index is -0.170. The minimum Gasteiger partial charge on any atom is -0.486 e. The number of para-hydroxylation sites is 1. The maximum absolute atomic E-state index is 12.5. The molecule has 5 heteroatoms. The van der Waals surface area contributed by atoms with Crippen LogP contribution < -0.4 is 10.1 Å². The molecule has 1 amide bonds. The van der Waals surface area contributed by atoms with E-state index in [-0.39, 0.29) is 11.9 Å². The number of rotatable bonds is 7. The summed E-state index contributed by atoms with van der Waals surface area (Å²) in [6.45, 7) is 6.60. The van der Waals surface area contributed by atoms with Crippen LogP contribution in [0.5, 0.6) is 5.75 Å². The number of hydrogen-bond donors (Lipinski definition) is 1. The monoisotopic (exact) mass is 380 g/mol. The Labute approximate surface area is 164 Å². The van der Waals surface area contributed by atoms with E-state index >= 15 is 0 Å². The fourth-order valence-electron chi connectivity index (χ4n) is 2.81. The van der Waals surface area contributed by atoms with Crippen molar-refractivity contribution in [1.82, 2.24) is 10.3 Å². The molecule has 0 radical (unpaired) electrons. The van der Waals surface area contributed by atoms with Crippen molar-refractivity contribution in [3.8, 4) is 5.75 Å². The lowest BCUT2D eigenvalue weighted by atomic mass is 10.0. The van der Waals surface area contributed by atoms with Gasteiger partial charge in [-0.25, -0.2) is 4.98 Å². The number of amides is 1. The number of ether oxygens (including phenoxy) is 1. The van der Waals surface area contributed by atoms with Gasteiger partial charge in [-0.1, -0.05) is 62.4 Å². The molecule has 0 aliphatic carbocycles. The highest BCUT2D eigenvalue weighted by molar-refractivity contribution is 7.09. The highest BCUT2D eigenvalue weighted by atomic mass is 32.1. The van der Waals surface area contributed by atoms with Crippen molar-refractivity contribution in [2.45, 2.75) is 39.3 Å². The van der Waals surface area contributed by atoms with Gasteiger partial charge in [-0.15, -0.1) is 11.3 Å². The molecule has 0 bridgehead atoms. The van der Waals surface area contributed by atoms with E-state index in [2.05, 4.69) is 30.2 Å². The van der Waals surface area contributed by atoms with E-state index < -0.39 is 0 Å². The summed E-state index contributed by atoms with van der Waals surface area (Å²) in [4.78, 5) is 16.9. The molecule has 0 aliphatic rings. The van der Waals surface area contributed by atoms with Crippen molar-refractivity contribution in [2.75, 3.05) is 0 Å². The third-order valence-corrected chi connectivity index (χ3v) is 5.15. The minimum absolute atomic E-state index is 0.0713. The maximum Gasteiger partial charge on any atom is 0.271 e. The predicted octanol–water partition coefficient (Wildman–Crippen LogP) is 5.34. The van der Waals surface area contributed by atoms with E-state index in [1.165, 1.54) is 16.9 Å². The molecule has 0 saturated heterocycles. The molecular weight excluding hydrogens is 356 g/mol. The number of aromatic nitrogens is 1. The number of carbonyl (C=O) groups is 1. The fraction of sp³-hybridized carbons (Fsp3) is 0.273. The lowest BCUT2D eigenvalue weighted by molar-refractivity contribution is 0.0935. The first kappa shape index (κ1) is 19.1. The number of nitrogens with one attached hydrogen (secondary N) is 1. The zero-order chi connectivity index (χ0) is 19.2. The van der Waals surface area contributed by atoms with E-state index in [1.54, 1.807) is 5.38 Å². The van der Waals surface area contributed by atoms with Crippen molar-refractivity contribution in [3.05, 3.63) is 81.8 Å². The number of nitrogens with zero attached hydrogens (tertiary/aromatic N) is 1. The SMILES string of the molecule is CC(C)c1ccccc1OCc1nc(C(=O)N[C@H](C)c2ccccc2)cs1. The molecule has 1 atom stereocenters. The second kappa shape index (κ2) is 8.82. The highest BCUT2D eigenvalue weighted by Crippen LogP contribution is 2.27. The molecule has 140 valence electrons. The summed E-state index contributed by atoms with van der Waals surface area (Å²) >= 11 is 1.44. The molecule has 27 heavy (non-hydrogen) atoms. The van der Waals surface area contributed by atoms with Gasteiger partial charge in [0.2, 0.25) is 0 Å². The van der Waals surface area contributed by atoms with Gasteiger partial charge in [0, 0.05) is 5.38 Å². The lowest BCUT2D eigenvalue weighted by Gasteiger charge is -2.13. The second-order valence-corrected chi connectivity index (χ2v) is 7.66. The van der Waals surface area contributed by atoms with Crippen LogP contribution in [0.4, 0.5) is 0 Å². The van der Waals surface area contributed by atoms with Crippen molar-refractivity contribution in [1.29, 1.82) is 0 Å². The summed E-state index contributed by atoms with van der Waals surface area (Å²) in [6, 6.07) is 17.8. The van der Waals surface area contributed by atoms with Crippen LogP contribution in [-0.2, 0) is 6.61 Å². The first-order chi connectivity index (χ1) is 13.0. The number of benzene rings is 2. The van der Waals surface area contributed by atoms with Gasteiger partial charge in [-0.2, -0.15) is 0 Å². The smallest absolute Gasteiger partial charge is 0.271 e. The lowest BCUT2D eigenvalue weighted by Crippen LogP contribution is -2.26. The summed E-state index contributed by atoms with van der Waals surface area (Å²) in [5, 5.41) is 5.55. The summed E-state index contributed by atoms with van der Waals surface area (Å²) in [7, 11) is 0. The van der Waals surface area contributed by atoms with Gasteiger partial charge in [0.15, 0.2) is 0 Å². The average molecular weight is 381 g/mol. The Bertz CT molecular complexity index is 890. The van der Waals surface area contributed by atoms with Crippen LogP contribution in [0.3, 0.4) is 0 Å². The molecule has 1 aromatic heterocycles. The fourth-order valence-corrected chi connectivity index (χ4v) is 3.49. The average Bonchev–Trinajstić information content (AvgIpc) is 3.16. The molecule has 0 unspecified atom stereocenters. The summed E-state index contributed by atoms with van der Waals surface area (Å²) < 4.78 is 5.94. The van der Waals surface area contributed by atoms with Gasteiger partial charge in [-0.05, 0) is 30.0 Å². The van der Waals surface area contributed by atoms with Gasteiger partial charge in [-0.3, -0.25) is 4.79 Å². The molecule has 0 saturated carbocycles. The number of hydrogen-bond acceptors (Lipinski definition) is 4. The number of carbonyl (C=O) groups excluding carboxylic acids is 1. The normalized spacial score (nSPS) is 12.0. The van der Waals surface area contributed by atoms with E-state index in [0.717, 1.165) is 16.3 Å². The summed E-state index contributed by atoms with van der Waals surface area (Å²) in [5.41, 5.74) is 2.66. The van der Waals surface area contributed by atoms with Crippen molar-refractivity contribution >= 4 is 17.2 Å². The second-order valence-electron chi connectivity index (χ2n) is 6.71. The topological polar surface area (TPSA) is 51.2 Å². The summed E-state index contributed by atoms with van der Waals surface area (Å²) in [6.07, 6.45) is 0. The van der Waals surface area contributed by atoms with Crippen molar-refractivity contribution < 1.29 is 9.53 Å².